The first kappa shape index (κ1) is 19.6. The van der Waals surface area contributed by atoms with E-state index in [2.05, 4.69) is 15.6 Å². The molecule has 0 aliphatic carbocycles. The third-order valence-corrected chi connectivity index (χ3v) is 5.69. The summed E-state index contributed by atoms with van der Waals surface area (Å²) >= 11 is 0. The molecule has 2 amide bonds. The molecule has 1 unspecified atom stereocenters. The van der Waals surface area contributed by atoms with Crippen molar-refractivity contribution < 1.29 is 14.3 Å². The summed E-state index contributed by atoms with van der Waals surface area (Å²) in [4.78, 5) is 30.3. The van der Waals surface area contributed by atoms with Crippen molar-refractivity contribution in [2.75, 3.05) is 18.5 Å². The Bertz CT molecular complexity index is 928. The van der Waals surface area contributed by atoms with Gasteiger partial charge in [-0.1, -0.05) is 12.1 Å². The van der Waals surface area contributed by atoms with Crippen molar-refractivity contribution in [3.8, 4) is 0 Å². The second-order valence-electron chi connectivity index (χ2n) is 7.96. The maximum atomic E-state index is 13.0. The lowest BCUT2D eigenvalue weighted by Crippen LogP contribution is -2.34. The molecule has 4 rings (SSSR count). The first-order chi connectivity index (χ1) is 14.0. The Hall–Kier alpha value is -2.67. The Balaban J connectivity index is 1.56. The smallest absolute Gasteiger partial charge is 0.287 e. The highest BCUT2D eigenvalue weighted by atomic mass is 16.5. The number of hydrogen-bond donors (Lipinski definition) is 2. The minimum Gasteiger partial charge on any atom is -0.376 e. The van der Waals surface area contributed by atoms with Gasteiger partial charge in [0.05, 0.1) is 11.8 Å². The van der Waals surface area contributed by atoms with Gasteiger partial charge in [-0.3, -0.25) is 9.59 Å². The number of carbonyl (C=O) groups excluding carboxylic acids is 2. The average molecular weight is 396 g/mol. The summed E-state index contributed by atoms with van der Waals surface area (Å²) in [5, 5.41) is 5.91. The molecule has 1 atom stereocenters. The molecule has 0 radical (unpaired) electrons. The van der Waals surface area contributed by atoms with Crippen LogP contribution in [0.2, 0.25) is 0 Å². The van der Waals surface area contributed by atoms with E-state index in [4.69, 9.17) is 4.74 Å². The maximum Gasteiger partial charge on any atom is 0.287 e. The van der Waals surface area contributed by atoms with Crippen molar-refractivity contribution in [2.45, 2.75) is 58.6 Å². The van der Waals surface area contributed by atoms with Crippen molar-refractivity contribution in [2.24, 2.45) is 0 Å². The van der Waals surface area contributed by atoms with E-state index in [-0.39, 0.29) is 17.9 Å². The number of aryl methyl sites for hydroxylation is 2. The van der Waals surface area contributed by atoms with Crippen LogP contribution >= 0.6 is 0 Å². The SMILES string of the molecule is Cc1ccc(C)c(NC(=O)c2nc(C(=O)NCC3CCCO3)n3c2CCCC3)c1. The van der Waals surface area contributed by atoms with Crippen molar-refractivity contribution in [3.63, 3.8) is 0 Å². The van der Waals surface area contributed by atoms with Crippen LogP contribution in [0.1, 0.15) is 63.6 Å². The molecule has 1 fully saturated rings. The molecule has 1 saturated heterocycles. The molecule has 29 heavy (non-hydrogen) atoms. The van der Waals surface area contributed by atoms with Crippen LogP contribution in [0.15, 0.2) is 18.2 Å². The van der Waals surface area contributed by atoms with Crippen molar-refractivity contribution >= 4 is 17.5 Å². The monoisotopic (exact) mass is 396 g/mol. The topological polar surface area (TPSA) is 85.2 Å². The van der Waals surface area contributed by atoms with Gasteiger partial charge in [0.15, 0.2) is 11.5 Å². The molecule has 1 aromatic carbocycles. The van der Waals surface area contributed by atoms with Gasteiger partial charge in [0.2, 0.25) is 0 Å². The largest absolute Gasteiger partial charge is 0.376 e. The van der Waals surface area contributed by atoms with Crippen molar-refractivity contribution in [1.29, 1.82) is 0 Å². The first-order valence-corrected chi connectivity index (χ1v) is 10.4. The third kappa shape index (κ3) is 4.19. The Morgan fingerprint density at radius 2 is 2.07 bits per heavy atom. The Morgan fingerprint density at radius 1 is 1.21 bits per heavy atom. The molecule has 3 heterocycles. The lowest BCUT2D eigenvalue weighted by atomic mass is 10.1. The molecule has 2 aliphatic rings. The van der Waals surface area contributed by atoms with Gasteiger partial charge in [0.25, 0.3) is 11.8 Å². The standard InChI is InChI=1S/C22H28N4O3/c1-14-8-9-15(2)17(12-14)24-21(27)19-18-7-3-4-10-26(18)20(25-19)22(28)23-13-16-6-5-11-29-16/h8-9,12,16H,3-7,10-11,13H2,1-2H3,(H,23,28)(H,24,27). The summed E-state index contributed by atoms with van der Waals surface area (Å²) in [5.74, 6) is -0.180. The summed E-state index contributed by atoms with van der Waals surface area (Å²) in [6, 6.07) is 5.95. The molecule has 2 N–H and O–H groups in total. The van der Waals surface area contributed by atoms with Crippen LogP contribution in [-0.4, -0.2) is 40.6 Å². The fourth-order valence-corrected chi connectivity index (χ4v) is 4.04. The molecule has 7 heteroatoms. The highest BCUT2D eigenvalue weighted by molar-refractivity contribution is 6.05. The van der Waals surface area contributed by atoms with Crippen molar-refractivity contribution in [3.05, 3.63) is 46.5 Å². The summed E-state index contributed by atoms with van der Waals surface area (Å²) in [7, 11) is 0. The van der Waals surface area contributed by atoms with E-state index in [1.54, 1.807) is 0 Å². The van der Waals surface area contributed by atoms with Crippen LogP contribution in [0.25, 0.3) is 0 Å². The number of ether oxygens (including phenoxy) is 1. The number of rotatable bonds is 5. The van der Waals surface area contributed by atoms with Crippen LogP contribution in [0.4, 0.5) is 5.69 Å². The average Bonchev–Trinajstić information content (AvgIpc) is 3.37. The molecule has 0 saturated carbocycles. The van der Waals surface area contributed by atoms with Gasteiger partial charge < -0.3 is 19.9 Å². The highest BCUT2D eigenvalue weighted by Crippen LogP contribution is 2.23. The van der Waals surface area contributed by atoms with E-state index < -0.39 is 0 Å². The van der Waals surface area contributed by atoms with Gasteiger partial charge in [-0.05, 0) is 63.1 Å². The summed E-state index contributed by atoms with van der Waals surface area (Å²) in [5.41, 5.74) is 4.05. The normalized spacial score (nSPS) is 18.3. The molecule has 1 aromatic heterocycles. The molecule has 0 spiro atoms. The quantitative estimate of drug-likeness (QED) is 0.814. The summed E-state index contributed by atoms with van der Waals surface area (Å²) in [6.07, 6.45) is 4.79. The lowest BCUT2D eigenvalue weighted by Gasteiger charge is -2.17. The maximum absolute atomic E-state index is 13.0. The highest BCUT2D eigenvalue weighted by Gasteiger charge is 2.28. The Labute approximate surface area is 170 Å². The van der Waals surface area contributed by atoms with Crippen LogP contribution in [-0.2, 0) is 17.7 Å². The van der Waals surface area contributed by atoms with E-state index in [0.29, 0.717) is 24.6 Å². The van der Waals surface area contributed by atoms with E-state index in [1.165, 1.54) is 0 Å². The minimum absolute atomic E-state index is 0.0711. The predicted octanol–water partition coefficient (Wildman–Crippen LogP) is 3.00. The summed E-state index contributed by atoms with van der Waals surface area (Å²) in [6.45, 7) is 5.89. The number of fused-ring (bicyclic) bond motifs is 1. The number of carbonyl (C=O) groups is 2. The second-order valence-corrected chi connectivity index (χ2v) is 7.96. The first-order valence-electron chi connectivity index (χ1n) is 10.4. The number of benzene rings is 1. The zero-order chi connectivity index (χ0) is 20.4. The fourth-order valence-electron chi connectivity index (χ4n) is 4.04. The Kier molecular flexibility index (Phi) is 5.67. The summed E-state index contributed by atoms with van der Waals surface area (Å²) < 4.78 is 7.49. The van der Waals surface area contributed by atoms with Crippen LogP contribution in [0.3, 0.4) is 0 Å². The van der Waals surface area contributed by atoms with Gasteiger partial charge in [-0.25, -0.2) is 4.98 Å². The lowest BCUT2D eigenvalue weighted by molar-refractivity contribution is 0.0845. The number of hydrogen-bond acceptors (Lipinski definition) is 4. The van der Waals surface area contributed by atoms with Crippen molar-refractivity contribution in [1.82, 2.24) is 14.9 Å². The molecule has 7 nitrogen and oxygen atoms in total. The number of imidazole rings is 1. The van der Waals surface area contributed by atoms with E-state index in [0.717, 1.165) is 61.2 Å². The van der Waals surface area contributed by atoms with Gasteiger partial charge in [-0.2, -0.15) is 0 Å². The minimum atomic E-state index is -0.262. The van der Waals surface area contributed by atoms with Crippen LogP contribution < -0.4 is 10.6 Å². The van der Waals surface area contributed by atoms with Crippen LogP contribution in [0.5, 0.6) is 0 Å². The third-order valence-electron chi connectivity index (χ3n) is 5.69. The molecule has 2 aromatic rings. The molecule has 2 aliphatic heterocycles. The van der Waals surface area contributed by atoms with E-state index in [9.17, 15) is 9.59 Å². The zero-order valence-electron chi connectivity index (χ0n) is 17.1. The molecular formula is C22H28N4O3. The van der Waals surface area contributed by atoms with Gasteiger partial charge >= 0.3 is 0 Å². The predicted molar refractivity (Wildman–Crippen MR) is 110 cm³/mol. The molecular weight excluding hydrogens is 368 g/mol. The van der Waals surface area contributed by atoms with E-state index in [1.807, 2.05) is 36.6 Å². The number of amides is 2. The van der Waals surface area contributed by atoms with Crippen LogP contribution in [0, 0.1) is 13.8 Å². The Morgan fingerprint density at radius 3 is 2.86 bits per heavy atom. The molecule has 0 bridgehead atoms. The number of anilines is 1. The number of aromatic nitrogens is 2. The number of nitrogens with zero attached hydrogens (tertiary/aromatic N) is 2. The van der Waals surface area contributed by atoms with Gasteiger partial charge in [0, 0.05) is 25.4 Å². The number of nitrogens with one attached hydrogen (secondary N) is 2. The second kappa shape index (κ2) is 8.37. The zero-order valence-corrected chi connectivity index (χ0v) is 17.1. The van der Waals surface area contributed by atoms with Gasteiger partial charge in [0.1, 0.15) is 0 Å². The molecule has 154 valence electrons. The van der Waals surface area contributed by atoms with E-state index >= 15 is 0 Å². The van der Waals surface area contributed by atoms with Gasteiger partial charge in [-0.15, -0.1) is 0 Å². The fraction of sp³-hybridized carbons (Fsp3) is 0.500.